The Labute approximate surface area is 92.0 Å². The van der Waals surface area contributed by atoms with Crippen molar-refractivity contribution >= 4 is 0 Å². The summed E-state index contributed by atoms with van der Waals surface area (Å²) >= 11 is 0. The normalized spacial score (nSPS) is 20.1. The number of phenols is 1. The van der Waals surface area contributed by atoms with Crippen LogP contribution >= 0.6 is 0 Å². The molecule has 1 aromatic carbocycles. The molecule has 1 fully saturated rings. The molecule has 1 atom stereocenters. The quantitative estimate of drug-likeness (QED) is 0.811. The third-order valence-corrected chi connectivity index (χ3v) is 2.87. The van der Waals surface area contributed by atoms with Crippen molar-refractivity contribution in [1.29, 1.82) is 0 Å². The van der Waals surface area contributed by atoms with Gasteiger partial charge >= 0.3 is 0 Å². The van der Waals surface area contributed by atoms with E-state index < -0.39 is 17.4 Å². The van der Waals surface area contributed by atoms with Gasteiger partial charge in [-0.15, -0.1) is 0 Å². The smallest absolute Gasteiger partial charge is 0.197 e. The number of methoxy groups -OCH3 is 1. The first kappa shape index (κ1) is 11.1. The highest BCUT2D eigenvalue weighted by molar-refractivity contribution is 5.49. The van der Waals surface area contributed by atoms with Crippen LogP contribution in [0.25, 0.3) is 0 Å². The molecule has 16 heavy (non-hydrogen) atoms. The first-order chi connectivity index (χ1) is 7.65. The Bertz CT molecular complexity index is 403. The van der Waals surface area contributed by atoms with Crippen molar-refractivity contribution in [3.05, 3.63) is 23.3 Å². The lowest BCUT2D eigenvalue weighted by molar-refractivity contribution is 0.342. The van der Waals surface area contributed by atoms with Crippen LogP contribution in [0.1, 0.15) is 17.9 Å². The fraction of sp³-hybridized carbons (Fsp3) is 0.455. The third kappa shape index (κ3) is 1.71. The number of aromatic hydroxyl groups is 1. The fourth-order valence-corrected chi connectivity index (χ4v) is 2.09. The molecule has 1 aliphatic rings. The third-order valence-electron chi connectivity index (χ3n) is 2.87. The highest BCUT2D eigenvalue weighted by Crippen LogP contribution is 2.40. The number of benzene rings is 1. The van der Waals surface area contributed by atoms with Gasteiger partial charge in [-0.25, -0.2) is 8.78 Å². The molecule has 1 saturated heterocycles. The molecule has 1 unspecified atom stereocenters. The predicted octanol–water partition coefficient (Wildman–Crippen LogP) is 1.76. The summed E-state index contributed by atoms with van der Waals surface area (Å²) in [5.41, 5.74) is 0.142. The van der Waals surface area contributed by atoms with E-state index in [4.69, 9.17) is 4.74 Å². The zero-order chi connectivity index (χ0) is 11.7. The van der Waals surface area contributed by atoms with Crippen molar-refractivity contribution in [2.24, 2.45) is 0 Å². The predicted molar refractivity (Wildman–Crippen MR) is 54.8 cm³/mol. The van der Waals surface area contributed by atoms with E-state index in [2.05, 4.69) is 5.32 Å². The molecular weight excluding hydrogens is 216 g/mol. The number of hydrogen-bond acceptors (Lipinski definition) is 3. The average Bonchev–Trinajstić information content (AvgIpc) is 2.70. The number of halogens is 2. The number of ether oxygens (including phenoxy) is 1. The lowest BCUT2D eigenvalue weighted by Gasteiger charge is -2.15. The second-order valence-electron chi connectivity index (χ2n) is 3.83. The van der Waals surface area contributed by atoms with Crippen LogP contribution < -0.4 is 10.1 Å². The molecular formula is C11H13F2NO2. The highest BCUT2D eigenvalue weighted by atomic mass is 19.1. The molecule has 0 spiro atoms. The van der Waals surface area contributed by atoms with Gasteiger partial charge < -0.3 is 15.2 Å². The molecule has 88 valence electrons. The van der Waals surface area contributed by atoms with Crippen molar-refractivity contribution in [1.82, 2.24) is 5.32 Å². The second-order valence-corrected chi connectivity index (χ2v) is 3.83. The molecule has 0 amide bonds. The summed E-state index contributed by atoms with van der Waals surface area (Å²) in [6.45, 7) is 1.35. The van der Waals surface area contributed by atoms with Crippen LogP contribution in [0.15, 0.2) is 6.07 Å². The molecule has 0 bridgehead atoms. The van der Waals surface area contributed by atoms with Crippen LogP contribution in [0.4, 0.5) is 8.78 Å². The van der Waals surface area contributed by atoms with Crippen LogP contribution in [0.5, 0.6) is 11.5 Å². The summed E-state index contributed by atoms with van der Waals surface area (Å²) in [5, 5.41) is 12.8. The maximum Gasteiger partial charge on any atom is 0.197 e. The Hall–Kier alpha value is -1.36. The molecule has 0 saturated carbocycles. The zero-order valence-electron chi connectivity index (χ0n) is 8.89. The SMILES string of the molecule is COc1c(F)cc(F)c(C2CCNC2)c1O. The summed E-state index contributed by atoms with van der Waals surface area (Å²) in [7, 11) is 1.24. The van der Waals surface area contributed by atoms with E-state index in [-0.39, 0.29) is 17.2 Å². The topological polar surface area (TPSA) is 41.5 Å². The van der Waals surface area contributed by atoms with Gasteiger partial charge in [0, 0.05) is 24.1 Å². The van der Waals surface area contributed by atoms with E-state index in [0.717, 1.165) is 19.0 Å². The Balaban J connectivity index is 2.50. The molecule has 1 aromatic rings. The maximum absolute atomic E-state index is 13.6. The van der Waals surface area contributed by atoms with Gasteiger partial charge in [0.25, 0.3) is 0 Å². The molecule has 5 heteroatoms. The minimum Gasteiger partial charge on any atom is -0.504 e. The van der Waals surface area contributed by atoms with Gasteiger partial charge in [0.05, 0.1) is 7.11 Å². The van der Waals surface area contributed by atoms with Crippen LogP contribution in [-0.4, -0.2) is 25.3 Å². The van der Waals surface area contributed by atoms with E-state index in [1.165, 1.54) is 7.11 Å². The van der Waals surface area contributed by atoms with Crippen molar-refractivity contribution < 1.29 is 18.6 Å². The lowest BCUT2D eigenvalue weighted by atomic mass is 9.96. The number of hydrogen-bond donors (Lipinski definition) is 2. The highest BCUT2D eigenvalue weighted by Gasteiger charge is 2.27. The van der Waals surface area contributed by atoms with Gasteiger partial charge in [-0.05, 0) is 13.0 Å². The largest absolute Gasteiger partial charge is 0.504 e. The Morgan fingerprint density at radius 1 is 1.44 bits per heavy atom. The molecule has 2 N–H and O–H groups in total. The summed E-state index contributed by atoms with van der Waals surface area (Å²) in [6, 6.07) is 0.756. The summed E-state index contributed by atoms with van der Waals surface area (Å²) in [4.78, 5) is 0. The fourth-order valence-electron chi connectivity index (χ4n) is 2.09. The van der Waals surface area contributed by atoms with E-state index >= 15 is 0 Å². The molecule has 1 aliphatic heterocycles. The lowest BCUT2D eigenvalue weighted by Crippen LogP contribution is -2.10. The van der Waals surface area contributed by atoms with Crippen molar-refractivity contribution in [3.8, 4) is 11.5 Å². The van der Waals surface area contributed by atoms with Gasteiger partial charge in [0.2, 0.25) is 0 Å². The molecule has 0 aliphatic carbocycles. The Kier molecular flexibility index (Phi) is 2.96. The summed E-state index contributed by atoms with van der Waals surface area (Å²) in [5.74, 6) is -2.44. The maximum atomic E-state index is 13.6. The summed E-state index contributed by atoms with van der Waals surface area (Å²) < 4.78 is 31.6. The van der Waals surface area contributed by atoms with Crippen LogP contribution in [0.2, 0.25) is 0 Å². The molecule has 2 rings (SSSR count). The van der Waals surface area contributed by atoms with E-state index in [1.54, 1.807) is 0 Å². The number of phenolic OH excluding ortho intramolecular Hbond substituents is 1. The first-order valence-corrected chi connectivity index (χ1v) is 5.10. The van der Waals surface area contributed by atoms with Gasteiger partial charge in [0.15, 0.2) is 17.3 Å². The van der Waals surface area contributed by atoms with E-state index in [1.807, 2.05) is 0 Å². The average molecular weight is 229 g/mol. The van der Waals surface area contributed by atoms with Crippen LogP contribution in [0, 0.1) is 11.6 Å². The van der Waals surface area contributed by atoms with Crippen LogP contribution in [0.3, 0.4) is 0 Å². The van der Waals surface area contributed by atoms with Gasteiger partial charge in [-0.3, -0.25) is 0 Å². The number of rotatable bonds is 2. The monoisotopic (exact) mass is 229 g/mol. The van der Waals surface area contributed by atoms with Crippen molar-refractivity contribution in [2.75, 3.05) is 20.2 Å². The molecule has 0 radical (unpaired) electrons. The zero-order valence-corrected chi connectivity index (χ0v) is 8.89. The molecule has 0 aromatic heterocycles. The van der Waals surface area contributed by atoms with Crippen molar-refractivity contribution in [2.45, 2.75) is 12.3 Å². The standard InChI is InChI=1S/C11H13F2NO2/c1-16-11-8(13)4-7(12)9(10(11)15)6-2-3-14-5-6/h4,6,14-15H,2-3,5H2,1H3. The van der Waals surface area contributed by atoms with E-state index in [9.17, 15) is 13.9 Å². The molecule has 3 nitrogen and oxygen atoms in total. The minimum absolute atomic E-state index is 0.130. The van der Waals surface area contributed by atoms with E-state index in [0.29, 0.717) is 6.54 Å². The Morgan fingerprint density at radius 3 is 2.75 bits per heavy atom. The molecule has 1 heterocycles. The minimum atomic E-state index is -0.882. The Morgan fingerprint density at radius 2 is 2.19 bits per heavy atom. The van der Waals surface area contributed by atoms with Crippen molar-refractivity contribution in [3.63, 3.8) is 0 Å². The summed E-state index contributed by atoms with van der Waals surface area (Å²) in [6.07, 6.45) is 0.721. The first-order valence-electron chi connectivity index (χ1n) is 5.10. The van der Waals surface area contributed by atoms with Gasteiger partial charge in [-0.1, -0.05) is 0 Å². The number of nitrogens with one attached hydrogen (secondary N) is 1. The van der Waals surface area contributed by atoms with Gasteiger partial charge in [0.1, 0.15) is 5.82 Å². The van der Waals surface area contributed by atoms with Crippen LogP contribution in [-0.2, 0) is 0 Å². The second kappa shape index (κ2) is 4.25. The van der Waals surface area contributed by atoms with Gasteiger partial charge in [-0.2, -0.15) is 0 Å².